The van der Waals surface area contributed by atoms with Crippen molar-refractivity contribution >= 4 is 11.8 Å². The van der Waals surface area contributed by atoms with Gasteiger partial charge in [0.25, 0.3) is 0 Å². The van der Waals surface area contributed by atoms with Gasteiger partial charge in [-0.05, 0) is 37.0 Å². The summed E-state index contributed by atoms with van der Waals surface area (Å²) < 4.78 is 47.0. The molecule has 0 spiro atoms. The zero-order valence-corrected chi connectivity index (χ0v) is 17.7. The first-order valence-electron chi connectivity index (χ1n) is 10.7. The van der Waals surface area contributed by atoms with Crippen LogP contribution in [0.15, 0.2) is 18.2 Å². The van der Waals surface area contributed by atoms with Gasteiger partial charge in [-0.15, -0.1) is 0 Å². The zero-order chi connectivity index (χ0) is 22.4. The van der Waals surface area contributed by atoms with E-state index in [1.54, 1.807) is 17.0 Å². The van der Waals surface area contributed by atoms with Crippen molar-refractivity contribution in [1.29, 1.82) is 0 Å². The van der Waals surface area contributed by atoms with Crippen LogP contribution in [0, 0.1) is 5.92 Å². The second kappa shape index (κ2) is 10.2. The molecule has 2 aliphatic rings. The lowest BCUT2D eigenvalue weighted by molar-refractivity contribution is -0.153. The lowest BCUT2D eigenvalue weighted by atomic mass is 10.1. The van der Waals surface area contributed by atoms with Crippen LogP contribution in [-0.4, -0.2) is 67.7 Å². The number of nitrogens with zero attached hydrogens (tertiary/aromatic N) is 2. The number of alkyl halides is 3. The topological polar surface area (TPSA) is 59.1 Å². The maximum absolute atomic E-state index is 12.6. The lowest BCUT2D eigenvalue weighted by Crippen LogP contribution is -2.51. The molecule has 0 atom stereocenters. The third-order valence-corrected chi connectivity index (χ3v) is 5.90. The summed E-state index contributed by atoms with van der Waals surface area (Å²) in [6, 6.07) is 4.66. The number of methoxy groups -OCH3 is 1. The van der Waals surface area contributed by atoms with Gasteiger partial charge in [0.15, 0.2) is 18.1 Å². The van der Waals surface area contributed by atoms with Crippen molar-refractivity contribution in [2.75, 3.05) is 39.9 Å². The van der Waals surface area contributed by atoms with Crippen LogP contribution in [0.25, 0.3) is 0 Å². The van der Waals surface area contributed by atoms with Gasteiger partial charge in [0.2, 0.25) is 11.8 Å². The molecule has 0 unspecified atom stereocenters. The summed E-state index contributed by atoms with van der Waals surface area (Å²) in [4.78, 5) is 28.7. The van der Waals surface area contributed by atoms with Crippen molar-refractivity contribution in [2.45, 2.75) is 44.7 Å². The van der Waals surface area contributed by atoms with Crippen LogP contribution < -0.4 is 9.47 Å². The van der Waals surface area contributed by atoms with Crippen molar-refractivity contribution < 1.29 is 32.2 Å². The van der Waals surface area contributed by atoms with Gasteiger partial charge in [0, 0.05) is 38.5 Å². The van der Waals surface area contributed by atoms with Gasteiger partial charge in [0.1, 0.15) is 0 Å². The molecule has 0 bridgehead atoms. The first-order valence-corrected chi connectivity index (χ1v) is 10.7. The summed E-state index contributed by atoms with van der Waals surface area (Å²) in [6.45, 7) is 0.812. The van der Waals surface area contributed by atoms with Crippen LogP contribution in [0.4, 0.5) is 13.2 Å². The minimum Gasteiger partial charge on any atom is -0.493 e. The van der Waals surface area contributed by atoms with Gasteiger partial charge in [-0.2, -0.15) is 13.2 Å². The van der Waals surface area contributed by atoms with E-state index in [1.807, 2.05) is 4.90 Å². The Morgan fingerprint density at radius 1 is 1.03 bits per heavy atom. The molecule has 1 aliphatic heterocycles. The van der Waals surface area contributed by atoms with Crippen LogP contribution in [-0.2, 0) is 16.0 Å². The molecule has 3 rings (SSSR count). The minimum absolute atomic E-state index is 0.00401. The minimum atomic E-state index is -4.43. The molecule has 1 saturated carbocycles. The van der Waals surface area contributed by atoms with E-state index in [-0.39, 0.29) is 35.7 Å². The summed E-state index contributed by atoms with van der Waals surface area (Å²) in [5.41, 5.74) is 0.777. The van der Waals surface area contributed by atoms with Crippen molar-refractivity contribution in [3.05, 3.63) is 23.8 Å². The molecule has 0 aromatic heterocycles. The van der Waals surface area contributed by atoms with Gasteiger partial charge >= 0.3 is 6.18 Å². The Morgan fingerprint density at radius 2 is 1.68 bits per heavy atom. The Hall–Kier alpha value is -2.45. The number of halogens is 3. The van der Waals surface area contributed by atoms with Crippen LogP contribution in [0.5, 0.6) is 11.5 Å². The average Bonchev–Trinajstić information content (AvgIpc) is 3.30. The molecule has 9 heteroatoms. The van der Waals surface area contributed by atoms with Crippen LogP contribution >= 0.6 is 0 Å². The first kappa shape index (κ1) is 23.2. The molecule has 31 heavy (non-hydrogen) atoms. The van der Waals surface area contributed by atoms with Crippen LogP contribution in [0.3, 0.4) is 0 Å². The van der Waals surface area contributed by atoms with E-state index in [0.717, 1.165) is 31.2 Å². The highest BCUT2D eigenvalue weighted by Crippen LogP contribution is 2.30. The number of carbonyl (C=O) groups excluding carboxylic acids is 2. The third-order valence-electron chi connectivity index (χ3n) is 5.90. The molecule has 1 aromatic carbocycles. The van der Waals surface area contributed by atoms with Gasteiger partial charge < -0.3 is 19.3 Å². The van der Waals surface area contributed by atoms with E-state index in [0.29, 0.717) is 32.6 Å². The summed E-state index contributed by atoms with van der Waals surface area (Å²) in [5.74, 6) is 0.598. The van der Waals surface area contributed by atoms with Gasteiger partial charge in [0.05, 0.1) is 7.11 Å². The van der Waals surface area contributed by atoms with E-state index in [2.05, 4.69) is 0 Å². The van der Waals surface area contributed by atoms with Crippen molar-refractivity contribution in [3.63, 3.8) is 0 Å². The van der Waals surface area contributed by atoms with Gasteiger partial charge in [-0.1, -0.05) is 18.9 Å². The third kappa shape index (κ3) is 6.51. The molecule has 172 valence electrons. The number of hydrogen-bond donors (Lipinski definition) is 0. The Bertz CT molecular complexity index is 771. The number of amides is 2. The zero-order valence-electron chi connectivity index (χ0n) is 17.7. The second-order valence-electron chi connectivity index (χ2n) is 8.08. The highest BCUT2D eigenvalue weighted by Gasteiger charge is 2.31. The fourth-order valence-electron chi connectivity index (χ4n) is 4.16. The highest BCUT2D eigenvalue weighted by atomic mass is 19.4. The van der Waals surface area contributed by atoms with E-state index < -0.39 is 12.8 Å². The summed E-state index contributed by atoms with van der Waals surface area (Å²) in [6.07, 6.45) is 0.480. The number of aryl methyl sites for hydroxylation is 1. The van der Waals surface area contributed by atoms with E-state index in [4.69, 9.17) is 9.47 Å². The molecule has 6 nitrogen and oxygen atoms in total. The smallest absolute Gasteiger partial charge is 0.422 e. The highest BCUT2D eigenvalue weighted by molar-refractivity contribution is 5.80. The molecule has 1 aliphatic carbocycles. The maximum Gasteiger partial charge on any atom is 0.422 e. The largest absolute Gasteiger partial charge is 0.493 e. The van der Waals surface area contributed by atoms with Crippen LogP contribution in [0.2, 0.25) is 0 Å². The fourth-order valence-corrected chi connectivity index (χ4v) is 4.16. The van der Waals surface area contributed by atoms with E-state index >= 15 is 0 Å². The molecule has 0 N–H and O–H groups in total. The van der Waals surface area contributed by atoms with Crippen molar-refractivity contribution in [1.82, 2.24) is 9.80 Å². The van der Waals surface area contributed by atoms with Crippen LogP contribution in [0.1, 0.15) is 37.7 Å². The predicted molar refractivity (Wildman–Crippen MR) is 108 cm³/mol. The monoisotopic (exact) mass is 442 g/mol. The van der Waals surface area contributed by atoms with E-state index in [1.165, 1.54) is 13.2 Å². The molecular weight excluding hydrogens is 413 g/mol. The molecule has 0 radical (unpaired) electrons. The summed E-state index contributed by atoms with van der Waals surface area (Å²) >= 11 is 0. The van der Waals surface area contributed by atoms with Gasteiger partial charge in [-0.3, -0.25) is 9.59 Å². The Balaban J connectivity index is 1.46. The predicted octanol–water partition coefficient (Wildman–Crippen LogP) is 3.43. The Kier molecular flexibility index (Phi) is 7.67. The number of hydrogen-bond acceptors (Lipinski definition) is 4. The average molecular weight is 442 g/mol. The summed E-state index contributed by atoms with van der Waals surface area (Å²) in [5, 5.41) is 0. The number of piperazine rings is 1. The Morgan fingerprint density at radius 3 is 2.29 bits per heavy atom. The molecule has 2 amide bonds. The summed E-state index contributed by atoms with van der Waals surface area (Å²) in [7, 11) is 1.36. The first-order chi connectivity index (χ1) is 14.8. The number of ether oxygens (including phenoxy) is 2. The molecule has 1 aromatic rings. The quantitative estimate of drug-likeness (QED) is 0.649. The number of carbonyl (C=O) groups is 2. The van der Waals surface area contributed by atoms with E-state index in [9.17, 15) is 22.8 Å². The SMILES string of the molecule is COc1cc(CCC(=O)N2CCN(C(=O)C3CCCC3)CC2)ccc1OCC(F)(F)F. The Labute approximate surface area is 180 Å². The van der Waals surface area contributed by atoms with Crippen molar-refractivity contribution in [3.8, 4) is 11.5 Å². The number of benzene rings is 1. The molecule has 2 fully saturated rings. The fraction of sp³-hybridized carbons (Fsp3) is 0.636. The lowest BCUT2D eigenvalue weighted by Gasteiger charge is -2.36. The maximum atomic E-state index is 12.6. The van der Waals surface area contributed by atoms with Gasteiger partial charge in [-0.25, -0.2) is 0 Å². The molecular formula is C22H29F3N2O4. The molecule has 1 saturated heterocycles. The van der Waals surface area contributed by atoms with Crippen molar-refractivity contribution in [2.24, 2.45) is 5.92 Å². The number of rotatable bonds is 7. The second-order valence-corrected chi connectivity index (χ2v) is 8.08. The standard InChI is InChI=1S/C22H29F3N2O4/c1-30-19-14-16(6-8-18(19)31-15-22(23,24)25)7-9-20(28)26-10-12-27(13-11-26)21(29)17-4-2-3-5-17/h6,8,14,17H,2-5,7,9-13,15H2,1H3. The normalized spacial score (nSPS) is 17.7. The molecule has 1 heterocycles.